The average molecular weight is 412 g/mol. The van der Waals surface area contributed by atoms with E-state index < -0.39 is 23.5 Å². The van der Waals surface area contributed by atoms with E-state index in [-0.39, 0.29) is 11.3 Å². The number of Topliss-reactive ketones (excluding diaryl/α,β-unsaturated/α-hetero) is 1. The smallest absolute Gasteiger partial charge is 0.290 e. The van der Waals surface area contributed by atoms with Gasteiger partial charge in [-0.25, -0.2) is 0 Å². The van der Waals surface area contributed by atoms with Crippen molar-refractivity contribution in [1.82, 2.24) is 9.80 Å². The normalized spacial score (nSPS) is 16.6. The number of ketones is 1. The molecular weight excluding hydrogens is 384 g/mol. The van der Waals surface area contributed by atoms with Crippen molar-refractivity contribution < 1.29 is 23.8 Å². The number of carbonyl (C=O) groups excluding carboxylic acids is 2. The number of rotatable bonds is 9. The molecule has 1 N–H and O–H groups in total. The SMILES string of the molecule is CCOc1cccc([C@H]2C(C(=O)c3ccc(C)o3)=C(O)C(=O)N2CCCN(C)C)c1. The maximum absolute atomic E-state index is 13.2. The van der Waals surface area contributed by atoms with E-state index in [1.165, 1.54) is 0 Å². The Morgan fingerprint density at radius 2 is 2.03 bits per heavy atom. The first-order valence-electron chi connectivity index (χ1n) is 10.1. The van der Waals surface area contributed by atoms with E-state index in [0.717, 1.165) is 6.54 Å². The number of hydrogen-bond donors (Lipinski definition) is 1. The van der Waals surface area contributed by atoms with Gasteiger partial charge in [0.05, 0.1) is 18.2 Å². The molecule has 2 aromatic rings. The number of benzene rings is 1. The van der Waals surface area contributed by atoms with Crippen LogP contribution in [0.3, 0.4) is 0 Å². The lowest BCUT2D eigenvalue weighted by atomic mass is 9.95. The molecule has 7 heteroatoms. The van der Waals surface area contributed by atoms with Crippen LogP contribution in [0.4, 0.5) is 0 Å². The van der Waals surface area contributed by atoms with Crippen LogP contribution in [0.2, 0.25) is 0 Å². The lowest BCUT2D eigenvalue weighted by molar-refractivity contribution is -0.129. The van der Waals surface area contributed by atoms with Crippen LogP contribution in [-0.2, 0) is 4.79 Å². The van der Waals surface area contributed by atoms with E-state index in [1.54, 1.807) is 30.0 Å². The van der Waals surface area contributed by atoms with E-state index in [2.05, 4.69) is 0 Å². The van der Waals surface area contributed by atoms with Gasteiger partial charge in [-0.1, -0.05) is 12.1 Å². The Labute approximate surface area is 176 Å². The third-order valence-electron chi connectivity index (χ3n) is 5.00. The number of aliphatic hydroxyl groups excluding tert-OH is 1. The van der Waals surface area contributed by atoms with Gasteiger partial charge in [0.25, 0.3) is 5.91 Å². The van der Waals surface area contributed by atoms with Crippen molar-refractivity contribution in [1.29, 1.82) is 0 Å². The van der Waals surface area contributed by atoms with Crippen LogP contribution >= 0.6 is 0 Å². The summed E-state index contributed by atoms with van der Waals surface area (Å²) in [4.78, 5) is 29.7. The van der Waals surface area contributed by atoms with Crippen molar-refractivity contribution in [2.24, 2.45) is 0 Å². The Kier molecular flexibility index (Phi) is 6.62. The van der Waals surface area contributed by atoms with Gasteiger partial charge in [-0.05, 0) is 70.7 Å². The highest BCUT2D eigenvalue weighted by molar-refractivity contribution is 6.15. The lowest BCUT2D eigenvalue weighted by Crippen LogP contribution is -2.33. The molecule has 1 aliphatic rings. The average Bonchev–Trinajstić information content (AvgIpc) is 3.24. The summed E-state index contributed by atoms with van der Waals surface area (Å²) in [6.45, 7) is 5.30. The Morgan fingerprint density at radius 1 is 1.27 bits per heavy atom. The van der Waals surface area contributed by atoms with Crippen LogP contribution in [0.25, 0.3) is 0 Å². The van der Waals surface area contributed by atoms with E-state index in [0.29, 0.717) is 36.6 Å². The molecule has 0 saturated carbocycles. The van der Waals surface area contributed by atoms with Gasteiger partial charge in [-0.15, -0.1) is 0 Å². The number of amides is 1. The fourth-order valence-electron chi connectivity index (χ4n) is 3.65. The summed E-state index contributed by atoms with van der Waals surface area (Å²) >= 11 is 0. The van der Waals surface area contributed by atoms with E-state index in [4.69, 9.17) is 9.15 Å². The fourth-order valence-corrected chi connectivity index (χ4v) is 3.65. The van der Waals surface area contributed by atoms with E-state index >= 15 is 0 Å². The molecular formula is C23H28N2O5. The molecule has 1 aromatic heterocycles. The number of aliphatic hydroxyl groups is 1. The fraction of sp³-hybridized carbons (Fsp3) is 0.391. The van der Waals surface area contributed by atoms with Gasteiger partial charge in [0.15, 0.2) is 11.5 Å². The molecule has 160 valence electrons. The van der Waals surface area contributed by atoms with Crippen LogP contribution in [0.15, 0.2) is 52.1 Å². The zero-order valence-electron chi connectivity index (χ0n) is 17.8. The second-order valence-electron chi connectivity index (χ2n) is 7.57. The molecule has 30 heavy (non-hydrogen) atoms. The third kappa shape index (κ3) is 4.41. The maximum atomic E-state index is 13.2. The zero-order chi connectivity index (χ0) is 21.8. The summed E-state index contributed by atoms with van der Waals surface area (Å²) in [5.74, 6) is -0.236. The predicted molar refractivity (Wildman–Crippen MR) is 113 cm³/mol. The Bertz CT molecular complexity index is 960. The van der Waals surface area contributed by atoms with Crippen molar-refractivity contribution in [3.05, 3.63) is 64.8 Å². The van der Waals surface area contributed by atoms with Crippen LogP contribution in [-0.4, -0.2) is 60.4 Å². The minimum atomic E-state index is -0.710. The number of ether oxygens (including phenoxy) is 1. The number of furan rings is 1. The molecule has 7 nitrogen and oxygen atoms in total. The van der Waals surface area contributed by atoms with Gasteiger partial charge < -0.3 is 24.1 Å². The molecule has 1 aliphatic heterocycles. The van der Waals surface area contributed by atoms with Gasteiger partial charge in [0, 0.05) is 6.54 Å². The monoisotopic (exact) mass is 412 g/mol. The minimum Gasteiger partial charge on any atom is -0.503 e. The highest BCUT2D eigenvalue weighted by Gasteiger charge is 2.44. The first-order chi connectivity index (χ1) is 14.3. The van der Waals surface area contributed by atoms with Gasteiger partial charge in [0.2, 0.25) is 5.78 Å². The predicted octanol–water partition coefficient (Wildman–Crippen LogP) is 3.52. The molecule has 0 spiro atoms. The van der Waals surface area contributed by atoms with E-state index in [9.17, 15) is 14.7 Å². The van der Waals surface area contributed by atoms with Gasteiger partial charge in [-0.2, -0.15) is 0 Å². The lowest BCUT2D eigenvalue weighted by Gasteiger charge is -2.27. The number of nitrogens with zero attached hydrogens (tertiary/aromatic N) is 2. The van der Waals surface area contributed by atoms with Crippen LogP contribution in [0.1, 0.15) is 41.3 Å². The van der Waals surface area contributed by atoms with Crippen LogP contribution in [0, 0.1) is 6.92 Å². The van der Waals surface area contributed by atoms with Crippen molar-refractivity contribution >= 4 is 11.7 Å². The minimum absolute atomic E-state index is 0.0350. The molecule has 0 fully saturated rings. The van der Waals surface area contributed by atoms with E-state index in [1.807, 2.05) is 44.1 Å². The molecule has 3 rings (SSSR count). The Morgan fingerprint density at radius 3 is 2.67 bits per heavy atom. The topological polar surface area (TPSA) is 83.2 Å². The first-order valence-corrected chi connectivity index (χ1v) is 10.1. The summed E-state index contributed by atoms with van der Waals surface area (Å²) in [5.41, 5.74) is 0.739. The largest absolute Gasteiger partial charge is 0.503 e. The second-order valence-corrected chi connectivity index (χ2v) is 7.57. The Balaban J connectivity index is 2.02. The molecule has 0 aliphatic carbocycles. The third-order valence-corrected chi connectivity index (χ3v) is 5.00. The summed E-state index contributed by atoms with van der Waals surface area (Å²) in [6, 6.07) is 9.81. The molecule has 0 bridgehead atoms. The quantitative estimate of drug-likeness (QED) is 0.635. The molecule has 0 radical (unpaired) electrons. The van der Waals surface area contributed by atoms with Gasteiger partial charge in [0.1, 0.15) is 11.5 Å². The number of aryl methyl sites for hydroxylation is 1. The molecule has 0 saturated heterocycles. The highest BCUT2D eigenvalue weighted by Crippen LogP contribution is 2.40. The van der Waals surface area contributed by atoms with Crippen molar-refractivity contribution in [3.63, 3.8) is 0 Å². The Hall–Kier alpha value is -3.06. The summed E-state index contributed by atoms with van der Waals surface area (Å²) in [7, 11) is 3.91. The van der Waals surface area contributed by atoms with Crippen molar-refractivity contribution in [2.45, 2.75) is 26.3 Å². The first kappa shape index (κ1) is 21.6. The summed E-state index contributed by atoms with van der Waals surface area (Å²) in [6.07, 6.45) is 0.703. The molecule has 2 heterocycles. The molecule has 0 unspecified atom stereocenters. The second kappa shape index (κ2) is 9.17. The van der Waals surface area contributed by atoms with Gasteiger partial charge >= 0.3 is 0 Å². The summed E-state index contributed by atoms with van der Waals surface area (Å²) in [5, 5.41) is 10.7. The van der Waals surface area contributed by atoms with Crippen molar-refractivity contribution in [2.75, 3.05) is 33.8 Å². The van der Waals surface area contributed by atoms with Crippen LogP contribution < -0.4 is 4.74 Å². The number of hydrogen-bond acceptors (Lipinski definition) is 6. The summed E-state index contributed by atoms with van der Waals surface area (Å²) < 4.78 is 11.1. The molecule has 1 amide bonds. The van der Waals surface area contributed by atoms with Crippen molar-refractivity contribution in [3.8, 4) is 5.75 Å². The standard InChI is InChI=1S/C23H28N2O5/c1-5-29-17-9-6-8-16(14-17)20-19(21(26)18-11-10-15(2)30-18)22(27)23(28)25(20)13-7-12-24(3)4/h6,8-11,14,20,27H,5,7,12-13H2,1-4H3/t20-/m0/s1. The number of carbonyl (C=O) groups is 2. The molecule has 1 aromatic carbocycles. The highest BCUT2D eigenvalue weighted by atomic mass is 16.5. The molecule has 1 atom stereocenters. The van der Waals surface area contributed by atoms with Gasteiger partial charge in [-0.3, -0.25) is 9.59 Å². The maximum Gasteiger partial charge on any atom is 0.290 e. The van der Waals surface area contributed by atoms with Crippen LogP contribution in [0.5, 0.6) is 5.75 Å². The zero-order valence-corrected chi connectivity index (χ0v) is 17.8.